The van der Waals surface area contributed by atoms with Crippen LogP contribution in [-0.4, -0.2) is 26.2 Å². The molecule has 1 amide bonds. The van der Waals surface area contributed by atoms with Gasteiger partial charge in [0.1, 0.15) is 11.3 Å². The zero-order chi connectivity index (χ0) is 27.7. The van der Waals surface area contributed by atoms with Gasteiger partial charge in [-0.2, -0.15) is 0 Å². The first kappa shape index (κ1) is 26.4. The second-order valence-corrected chi connectivity index (χ2v) is 10.1. The van der Waals surface area contributed by atoms with Gasteiger partial charge in [-0.1, -0.05) is 31.5 Å². The van der Waals surface area contributed by atoms with Crippen molar-refractivity contribution < 1.29 is 23.4 Å². The number of anilines is 1. The van der Waals surface area contributed by atoms with Crippen LogP contribution in [0.4, 0.5) is 5.69 Å². The maximum absolute atomic E-state index is 13.9. The van der Waals surface area contributed by atoms with E-state index in [4.69, 9.17) is 18.6 Å². The summed E-state index contributed by atoms with van der Waals surface area (Å²) in [7, 11) is 1.58. The van der Waals surface area contributed by atoms with E-state index in [9.17, 15) is 9.59 Å². The van der Waals surface area contributed by atoms with Crippen molar-refractivity contribution in [3.05, 3.63) is 93.3 Å². The van der Waals surface area contributed by atoms with E-state index < -0.39 is 6.04 Å². The molecule has 1 atom stereocenters. The number of methoxy groups -OCH3 is 1. The smallest absolute Gasteiger partial charge is 0.295 e. The van der Waals surface area contributed by atoms with Crippen molar-refractivity contribution in [3.63, 3.8) is 0 Å². The van der Waals surface area contributed by atoms with Gasteiger partial charge in [0.2, 0.25) is 5.76 Å². The zero-order valence-corrected chi connectivity index (χ0v) is 22.9. The lowest BCUT2D eigenvalue weighted by Crippen LogP contribution is -2.29. The standard InChI is InChI=1S/C32H33NO6/c1-6-37-23-11-9-22(10-12-23)33-29(21-8-14-26(27(18-21)36-5)38-16-15-19(2)3)28-30(34)24-17-20(4)7-13-25(24)39-31(28)32(33)35/h7-14,17-19,29H,6,15-16H2,1-5H3. The van der Waals surface area contributed by atoms with Gasteiger partial charge in [0.15, 0.2) is 16.9 Å². The van der Waals surface area contributed by atoms with E-state index in [0.29, 0.717) is 64.2 Å². The van der Waals surface area contributed by atoms with E-state index in [1.165, 1.54) is 0 Å². The molecule has 1 aliphatic rings. The van der Waals surface area contributed by atoms with Crippen LogP contribution in [0.25, 0.3) is 11.0 Å². The first-order chi connectivity index (χ1) is 18.8. The quantitative estimate of drug-likeness (QED) is 0.242. The number of nitrogens with zero attached hydrogens (tertiary/aromatic N) is 1. The molecule has 3 aromatic carbocycles. The number of amides is 1. The monoisotopic (exact) mass is 527 g/mol. The lowest BCUT2D eigenvalue weighted by Gasteiger charge is -2.26. The zero-order valence-electron chi connectivity index (χ0n) is 22.9. The SMILES string of the molecule is CCOc1ccc(N2C(=O)c3oc4ccc(C)cc4c(=O)c3C2c2ccc(OCCC(C)C)c(OC)c2)cc1. The normalized spacial score (nSPS) is 14.7. The minimum Gasteiger partial charge on any atom is -0.494 e. The Morgan fingerprint density at radius 2 is 1.72 bits per heavy atom. The van der Waals surface area contributed by atoms with Crippen molar-refractivity contribution in [1.29, 1.82) is 0 Å². The van der Waals surface area contributed by atoms with Crippen molar-refractivity contribution >= 4 is 22.6 Å². The number of hydrogen-bond acceptors (Lipinski definition) is 6. The van der Waals surface area contributed by atoms with Crippen LogP contribution in [0.1, 0.15) is 60.5 Å². The first-order valence-corrected chi connectivity index (χ1v) is 13.3. The average Bonchev–Trinajstić information content (AvgIpc) is 3.22. The fourth-order valence-electron chi connectivity index (χ4n) is 4.92. The second kappa shape index (κ2) is 10.8. The van der Waals surface area contributed by atoms with Crippen molar-refractivity contribution in [2.24, 2.45) is 5.92 Å². The van der Waals surface area contributed by atoms with E-state index >= 15 is 0 Å². The summed E-state index contributed by atoms with van der Waals surface area (Å²) in [6.45, 7) is 9.22. The highest BCUT2D eigenvalue weighted by Crippen LogP contribution is 2.43. The maximum Gasteiger partial charge on any atom is 0.295 e. The number of carbonyl (C=O) groups excluding carboxylic acids is 1. The summed E-state index contributed by atoms with van der Waals surface area (Å²) in [5.74, 6) is 2.02. The number of fused-ring (bicyclic) bond motifs is 2. The third kappa shape index (κ3) is 4.97. The minimum absolute atomic E-state index is 0.0477. The predicted octanol–water partition coefficient (Wildman–Crippen LogP) is 6.68. The van der Waals surface area contributed by atoms with Gasteiger partial charge in [-0.15, -0.1) is 0 Å². The summed E-state index contributed by atoms with van der Waals surface area (Å²) in [5.41, 5.74) is 2.74. The Labute approximate surface area is 227 Å². The van der Waals surface area contributed by atoms with Crippen LogP contribution in [-0.2, 0) is 0 Å². The molecule has 1 unspecified atom stereocenters. The van der Waals surface area contributed by atoms with Crippen LogP contribution in [0.5, 0.6) is 17.2 Å². The lowest BCUT2D eigenvalue weighted by atomic mass is 9.97. The van der Waals surface area contributed by atoms with Crippen molar-refractivity contribution in [3.8, 4) is 17.2 Å². The minimum atomic E-state index is -0.717. The second-order valence-electron chi connectivity index (χ2n) is 10.1. The fraction of sp³-hybridized carbons (Fsp3) is 0.312. The molecule has 0 aliphatic carbocycles. The molecule has 1 aromatic heterocycles. The third-order valence-electron chi connectivity index (χ3n) is 6.91. The van der Waals surface area contributed by atoms with Gasteiger partial charge in [-0.05, 0) is 80.3 Å². The summed E-state index contributed by atoms with van der Waals surface area (Å²) in [4.78, 5) is 29.4. The van der Waals surface area contributed by atoms with Crippen LogP contribution in [0.2, 0.25) is 0 Å². The number of ether oxygens (including phenoxy) is 3. The molecule has 7 heteroatoms. The van der Waals surface area contributed by atoms with Gasteiger partial charge in [0, 0.05) is 5.69 Å². The molecule has 1 aliphatic heterocycles. The third-order valence-corrected chi connectivity index (χ3v) is 6.91. The summed E-state index contributed by atoms with van der Waals surface area (Å²) < 4.78 is 23.4. The number of rotatable bonds is 9. The van der Waals surface area contributed by atoms with Crippen molar-refractivity contribution in [2.75, 3.05) is 25.2 Å². The van der Waals surface area contributed by atoms with E-state index in [1.54, 1.807) is 24.1 Å². The molecule has 2 heterocycles. The highest BCUT2D eigenvalue weighted by molar-refractivity contribution is 6.10. The van der Waals surface area contributed by atoms with Crippen LogP contribution in [0.3, 0.4) is 0 Å². The van der Waals surface area contributed by atoms with Crippen LogP contribution in [0, 0.1) is 12.8 Å². The maximum atomic E-state index is 13.9. The Morgan fingerprint density at radius 1 is 0.949 bits per heavy atom. The van der Waals surface area contributed by atoms with E-state index in [0.717, 1.165) is 12.0 Å². The van der Waals surface area contributed by atoms with E-state index in [2.05, 4.69) is 13.8 Å². The van der Waals surface area contributed by atoms with Crippen molar-refractivity contribution in [1.82, 2.24) is 0 Å². The Morgan fingerprint density at radius 3 is 2.41 bits per heavy atom. The molecule has 4 aromatic rings. The largest absolute Gasteiger partial charge is 0.494 e. The summed E-state index contributed by atoms with van der Waals surface area (Å²) in [5, 5.41) is 0.445. The first-order valence-electron chi connectivity index (χ1n) is 13.3. The molecule has 7 nitrogen and oxygen atoms in total. The number of benzene rings is 3. The molecule has 0 N–H and O–H groups in total. The van der Waals surface area contributed by atoms with Crippen molar-refractivity contribution in [2.45, 2.75) is 40.2 Å². The van der Waals surface area contributed by atoms with Crippen LogP contribution >= 0.6 is 0 Å². The van der Waals surface area contributed by atoms with Gasteiger partial charge < -0.3 is 18.6 Å². The highest BCUT2D eigenvalue weighted by Gasteiger charge is 2.44. The van der Waals surface area contributed by atoms with Crippen LogP contribution < -0.4 is 24.5 Å². The Hall–Kier alpha value is -4.26. The van der Waals surface area contributed by atoms with Gasteiger partial charge in [-0.3, -0.25) is 14.5 Å². The Bertz CT molecular complexity index is 1570. The molecular weight excluding hydrogens is 494 g/mol. The average molecular weight is 528 g/mol. The molecule has 39 heavy (non-hydrogen) atoms. The highest BCUT2D eigenvalue weighted by atomic mass is 16.5. The summed E-state index contributed by atoms with van der Waals surface area (Å²) in [6.07, 6.45) is 0.911. The predicted molar refractivity (Wildman–Crippen MR) is 151 cm³/mol. The molecular formula is C32H33NO6. The topological polar surface area (TPSA) is 78.2 Å². The van der Waals surface area contributed by atoms with Gasteiger partial charge in [0.25, 0.3) is 5.91 Å². The molecule has 5 rings (SSSR count). The molecule has 0 fully saturated rings. The van der Waals surface area contributed by atoms with E-state index in [1.807, 2.05) is 62.4 Å². The fourth-order valence-corrected chi connectivity index (χ4v) is 4.92. The number of carbonyl (C=O) groups is 1. The molecule has 0 saturated carbocycles. The van der Waals surface area contributed by atoms with Gasteiger partial charge in [-0.25, -0.2) is 0 Å². The molecule has 0 saturated heterocycles. The van der Waals surface area contributed by atoms with Crippen LogP contribution in [0.15, 0.2) is 69.9 Å². The molecule has 202 valence electrons. The summed E-state index contributed by atoms with van der Waals surface area (Å²) >= 11 is 0. The Balaban J connectivity index is 1.66. The molecule has 0 spiro atoms. The number of hydrogen-bond donors (Lipinski definition) is 0. The summed E-state index contributed by atoms with van der Waals surface area (Å²) in [6, 6.07) is 17.5. The lowest BCUT2D eigenvalue weighted by molar-refractivity contribution is 0.0971. The number of aryl methyl sites for hydroxylation is 1. The van der Waals surface area contributed by atoms with E-state index in [-0.39, 0.29) is 17.1 Å². The molecule has 0 radical (unpaired) electrons. The molecule has 0 bridgehead atoms. The van der Waals surface area contributed by atoms with Gasteiger partial charge >= 0.3 is 0 Å². The Kier molecular flexibility index (Phi) is 7.33. The van der Waals surface area contributed by atoms with Gasteiger partial charge in [0.05, 0.1) is 37.3 Å².